The maximum absolute atomic E-state index is 13.7. The van der Waals surface area contributed by atoms with Gasteiger partial charge in [0.1, 0.15) is 0 Å². The minimum absolute atomic E-state index is 0.00519. The van der Waals surface area contributed by atoms with Gasteiger partial charge < -0.3 is 11.1 Å². The van der Waals surface area contributed by atoms with Crippen LogP contribution in [0.3, 0.4) is 0 Å². The average Bonchev–Trinajstić information content (AvgIpc) is 2.45. The predicted octanol–water partition coefficient (Wildman–Crippen LogP) is 3.43. The van der Waals surface area contributed by atoms with Gasteiger partial charge in [0, 0.05) is 6.07 Å². The third-order valence-corrected chi connectivity index (χ3v) is 3.64. The van der Waals surface area contributed by atoms with Crippen LogP contribution in [-0.2, 0) is 6.42 Å². The summed E-state index contributed by atoms with van der Waals surface area (Å²) in [6.07, 6.45) is 2.93. The van der Waals surface area contributed by atoms with E-state index in [4.69, 9.17) is 5.73 Å². The first-order chi connectivity index (χ1) is 9.65. The molecule has 0 aliphatic heterocycles. The third-order valence-electron chi connectivity index (χ3n) is 3.64. The Morgan fingerprint density at radius 1 is 1.20 bits per heavy atom. The lowest BCUT2D eigenvalue weighted by Crippen LogP contribution is -2.19. The number of nitrogens with two attached hydrogens (primary N) is 1. The van der Waals surface area contributed by atoms with Gasteiger partial charge in [0.2, 0.25) is 0 Å². The number of fused-ring (bicyclic) bond motifs is 1. The Hall–Kier alpha value is -2.17. The van der Waals surface area contributed by atoms with Crippen LogP contribution in [0.2, 0.25) is 0 Å². The van der Waals surface area contributed by atoms with Crippen molar-refractivity contribution < 1.29 is 8.78 Å². The summed E-state index contributed by atoms with van der Waals surface area (Å²) in [7, 11) is 0. The number of rotatable bonds is 2. The zero-order valence-electron chi connectivity index (χ0n) is 10.9. The number of nitrogens with one attached hydrogen (secondary N) is 1. The summed E-state index contributed by atoms with van der Waals surface area (Å²) in [5, 5.41) is 3.04. The topological polar surface area (TPSA) is 50.9 Å². The van der Waals surface area contributed by atoms with Gasteiger partial charge in [-0.3, -0.25) is 0 Å². The molecule has 0 amide bonds. The summed E-state index contributed by atoms with van der Waals surface area (Å²) < 4.78 is 26.9. The molecule has 104 valence electrons. The fraction of sp³-hybridized carbons (Fsp3) is 0.267. The van der Waals surface area contributed by atoms with E-state index in [1.807, 2.05) is 18.2 Å². The van der Waals surface area contributed by atoms with Crippen molar-refractivity contribution in [3.63, 3.8) is 0 Å². The Kier molecular flexibility index (Phi) is 3.26. The summed E-state index contributed by atoms with van der Waals surface area (Å²) in [5.74, 6) is -1.85. The van der Waals surface area contributed by atoms with E-state index in [2.05, 4.69) is 16.4 Å². The van der Waals surface area contributed by atoms with E-state index in [9.17, 15) is 8.78 Å². The average molecular weight is 275 g/mol. The lowest BCUT2D eigenvalue weighted by molar-refractivity contribution is 0.564. The SMILES string of the molecule is Nc1nc(NC2CCCc3ccccc32)c(F)cc1F. The molecule has 1 heterocycles. The Morgan fingerprint density at radius 3 is 2.85 bits per heavy atom. The maximum atomic E-state index is 13.7. The van der Waals surface area contributed by atoms with E-state index >= 15 is 0 Å². The molecular weight excluding hydrogens is 260 g/mol. The molecular formula is C15H15F2N3. The first kappa shape index (κ1) is 12.8. The summed E-state index contributed by atoms with van der Waals surface area (Å²) in [4.78, 5) is 3.76. The molecule has 5 heteroatoms. The van der Waals surface area contributed by atoms with Crippen molar-refractivity contribution in [2.45, 2.75) is 25.3 Å². The van der Waals surface area contributed by atoms with E-state index in [1.165, 1.54) is 5.56 Å². The summed E-state index contributed by atoms with van der Waals surface area (Å²) in [6, 6.07) is 8.80. The number of hydrogen-bond acceptors (Lipinski definition) is 3. The van der Waals surface area contributed by atoms with E-state index in [0.717, 1.165) is 30.9 Å². The zero-order valence-corrected chi connectivity index (χ0v) is 10.9. The van der Waals surface area contributed by atoms with Crippen molar-refractivity contribution in [1.82, 2.24) is 4.98 Å². The van der Waals surface area contributed by atoms with Gasteiger partial charge in [0.05, 0.1) is 6.04 Å². The lowest BCUT2D eigenvalue weighted by atomic mass is 9.88. The Balaban J connectivity index is 1.91. The summed E-state index contributed by atoms with van der Waals surface area (Å²) in [6.45, 7) is 0. The second-order valence-corrected chi connectivity index (χ2v) is 4.97. The molecule has 0 bridgehead atoms. The Morgan fingerprint density at radius 2 is 2.00 bits per heavy atom. The van der Waals surface area contributed by atoms with Crippen LogP contribution in [0.15, 0.2) is 30.3 Å². The molecule has 0 radical (unpaired) electrons. The second-order valence-electron chi connectivity index (χ2n) is 4.97. The fourth-order valence-corrected chi connectivity index (χ4v) is 2.65. The van der Waals surface area contributed by atoms with Gasteiger partial charge in [-0.05, 0) is 30.4 Å². The van der Waals surface area contributed by atoms with Crippen LogP contribution in [0.4, 0.5) is 20.4 Å². The van der Waals surface area contributed by atoms with Gasteiger partial charge in [0.25, 0.3) is 0 Å². The van der Waals surface area contributed by atoms with Crippen molar-refractivity contribution in [2.75, 3.05) is 11.1 Å². The molecule has 1 aromatic carbocycles. The smallest absolute Gasteiger partial charge is 0.168 e. The van der Waals surface area contributed by atoms with Gasteiger partial charge in [-0.2, -0.15) is 0 Å². The van der Waals surface area contributed by atoms with Crippen molar-refractivity contribution in [3.8, 4) is 0 Å². The van der Waals surface area contributed by atoms with Crippen molar-refractivity contribution in [1.29, 1.82) is 0 Å². The molecule has 1 aromatic heterocycles. The van der Waals surface area contributed by atoms with Crippen LogP contribution in [0.25, 0.3) is 0 Å². The van der Waals surface area contributed by atoms with E-state index in [-0.39, 0.29) is 17.7 Å². The molecule has 3 N–H and O–H groups in total. The van der Waals surface area contributed by atoms with Gasteiger partial charge in [-0.1, -0.05) is 24.3 Å². The summed E-state index contributed by atoms with van der Waals surface area (Å²) >= 11 is 0. The number of pyridine rings is 1. The van der Waals surface area contributed by atoms with Gasteiger partial charge >= 0.3 is 0 Å². The van der Waals surface area contributed by atoms with Gasteiger partial charge in [-0.25, -0.2) is 13.8 Å². The molecule has 1 aliphatic carbocycles. The van der Waals surface area contributed by atoms with Crippen LogP contribution in [0, 0.1) is 11.6 Å². The molecule has 2 aromatic rings. The molecule has 0 saturated carbocycles. The third kappa shape index (κ3) is 2.31. The molecule has 0 spiro atoms. The first-order valence-electron chi connectivity index (χ1n) is 6.61. The number of halogens is 2. The van der Waals surface area contributed by atoms with Gasteiger partial charge in [-0.15, -0.1) is 0 Å². The van der Waals surface area contributed by atoms with E-state index in [0.29, 0.717) is 0 Å². The van der Waals surface area contributed by atoms with Crippen molar-refractivity contribution in [3.05, 3.63) is 53.1 Å². The number of hydrogen-bond donors (Lipinski definition) is 2. The molecule has 0 fully saturated rings. The lowest BCUT2D eigenvalue weighted by Gasteiger charge is -2.27. The van der Waals surface area contributed by atoms with Crippen LogP contribution in [0.1, 0.15) is 30.0 Å². The van der Waals surface area contributed by atoms with Crippen molar-refractivity contribution >= 4 is 11.6 Å². The standard InChI is InChI=1S/C15H15F2N3/c16-11-8-12(17)15(20-14(11)18)19-13-7-3-5-9-4-1-2-6-10(9)13/h1-2,4,6,8,13H,3,5,7H2,(H3,18,19,20). The highest BCUT2D eigenvalue weighted by molar-refractivity contribution is 5.47. The molecule has 1 aliphatic rings. The Labute approximate surface area is 115 Å². The van der Waals surface area contributed by atoms with E-state index in [1.54, 1.807) is 0 Å². The highest BCUT2D eigenvalue weighted by Crippen LogP contribution is 2.32. The number of benzene rings is 1. The van der Waals surface area contributed by atoms with Crippen LogP contribution in [0.5, 0.6) is 0 Å². The zero-order chi connectivity index (χ0) is 14.1. The maximum Gasteiger partial charge on any atom is 0.168 e. The normalized spacial score (nSPS) is 17.6. The minimum Gasteiger partial charge on any atom is -0.381 e. The number of nitrogens with zero attached hydrogens (tertiary/aromatic N) is 1. The molecule has 0 saturated heterocycles. The number of aromatic nitrogens is 1. The largest absolute Gasteiger partial charge is 0.381 e. The quantitative estimate of drug-likeness (QED) is 0.882. The number of nitrogen functional groups attached to an aromatic ring is 1. The Bertz CT molecular complexity index is 643. The van der Waals surface area contributed by atoms with Crippen LogP contribution < -0.4 is 11.1 Å². The monoisotopic (exact) mass is 275 g/mol. The first-order valence-corrected chi connectivity index (χ1v) is 6.61. The highest BCUT2D eigenvalue weighted by Gasteiger charge is 2.21. The minimum atomic E-state index is -0.836. The number of aryl methyl sites for hydroxylation is 1. The highest BCUT2D eigenvalue weighted by atomic mass is 19.1. The fourth-order valence-electron chi connectivity index (χ4n) is 2.65. The van der Waals surface area contributed by atoms with Gasteiger partial charge in [0.15, 0.2) is 23.3 Å². The van der Waals surface area contributed by atoms with E-state index < -0.39 is 11.6 Å². The van der Waals surface area contributed by atoms with Crippen LogP contribution >= 0.6 is 0 Å². The molecule has 1 unspecified atom stereocenters. The summed E-state index contributed by atoms with van der Waals surface area (Å²) in [5.41, 5.74) is 7.79. The van der Waals surface area contributed by atoms with Crippen molar-refractivity contribution in [2.24, 2.45) is 0 Å². The molecule has 3 nitrogen and oxygen atoms in total. The molecule has 20 heavy (non-hydrogen) atoms. The predicted molar refractivity (Wildman–Crippen MR) is 74.3 cm³/mol. The molecule has 1 atom stereocenters. The second kappa shape index (κ2) is 5.07. The number of anilines is 2. The van der Waals surface area contributed by atoms with Crippen LogP contribution in [-0.4, -0.2) is 4.98 Å². The molecule has 3 rings (SSSR count).